The van der Waals surface area contributed by atoms with Gasteiger partial charge in [-0.25, -0.2) is 0 Å². The molecule has 2 rings (SSSR count). The highest BCUT2D eigenvalue weighted by molar-refractivity contribution is 5.79. The minimum atomic E-state index is -0.535. The normalized spacial score (nSPS) is 12.5. The molecule has 1 amide bonds. The van der Waals surface area contributed by atoms with E-state index in [1.54, 1.807) is 6.20 Å². The Bertz CT molecular complexity index is 553. The highest BCUT2D eigenvalue weighted by Gasteiger charge is 2.08. The topological polar surface area (TPSA) is 82.0 Å². The molecule has 0 saturated carbocycles. The zero-order valence-corrected chi connectivity index (χ0v) is 10.2. The number of benzene rings is 1. The number of nitrogens with two attached hydrogens (primary N) is 2. The summed E-state index contributed by atoms with van der Waals surface area (Å²) < 4.78 is 0. The SMILES string of the molecule is NC(=O)C(N)CCCc1ccc2ncccc2c1. The van der Waals surface area contributed by atoms with Crippen LogP contribution in [0.4, 0.5) is 0 Å². The molecule has 2 aromatic rings. The molecule has 0 saturated heterocycles. The Kier molecular flexibility index (Phi) is 3.89. The van der Waals surface area contributed by atoms with Gasteiger partial charge < -0.3 is 11.5 Å². The summed E-state index contributed by atoms with van der Waals surface area (Å²) in [4.78, 5) is 15.1. The van der Waals surface area contributed by atoms with Crippen LogP contribution >= 0.6 is 0 Å². The van der Waals surface area contributed by atoms with Gasteiger partial charge in [-0.3, -0.25) is 9.78 Å². The predicted molar refractivity (Wildman–Crippen MR) is 71.9 cm³/mol. The van der Waals surface area contributed by atoms with Crippen molar-refractivity contribution in [1.82, 2.24) is 4.98 Å². The Balaban J connectivity index is 1.98. The maximum absolute atomic E-state index is 10.8. The molecule has 0 spiro atoms. The molecule has 4 nitrogen and oxygen atoms in total. The molecule has 0 aliphatic carbocycles. The van der Waals surface area contributed by atoms with Crippen LogP contribution in [0.25, 0.3) is 10.9 Å². The van der Waals surface area contributed by atoms with E-state index in [0.29, 0.717) is 6.42 Å². The Morgan fingerprint density at radius 3 is 2.94 bits per heavy atom. The second kappa shape index (κ2) is 5.60. The molecule has 1 heterocycles. The molecule has 1 aromatic heterocycles. The van der Waals surface area contributed by atoms with Crippen LogP contribution in [0.1, 0.15) is 18.4 Å². The molecule has 4 N–H and O–H groups in total. The van der Waals surface area contributed by atoms with Gasteiger partial charge in [0.2, 0.25) is 5.91 Å². The van der Waals surface area contributed by atoms with Crippen LogP contribution in [-0.4, -0.2) is 16.9 Å². The zero-order chi connectivity index (χ0) is 13.0. The van der Waals surface area contributed by atoms with E-state index >= 15 is 0 Å². The van der Waals surface area contributed by atoms with Crippen LogP contribution < -0.4 is 11.5 Å². The number of rotatable bonds is 5. The number of primary amides is 1. The van der Waals surface area contributed by atoms with Gasteiger partial charge in [0.15, 0.2) is 0 Å². The van der Waals surface area contributed by atoms with E-state index in [2.05, 4.69) is 17.1 Å². The third-order valence-electron chi connectivity index (χ3n) is 3.01. The predicted octanol–water partition coefficient (Wildman–Crippen LogP) is 1.37. The second-order valence-electron chi connectivity index (χ2n) is 4.43. The van der Waals surface area contributed by atoms with Crippen LogP contribution in [-0.2, 0) is 11.2 Å². The number of aromatic nitrogens is 1. The molecule has 1 unspecified atom stereocenters. The summed E-state index contributed by atoms with van der Waals surface area (Å²) in [5.74, 6) is -0.433. The smallest absolute Gasteiger partial charge is 0.234 e. The first-order valence-electron chi connectivity index (χ1n) is 6.05. The lowest BCUT2D eigenvalue weighted by atomic mass is 10.0. The molecule has 0 fully saturated rings. The number of amides is 1. The van der Waals surface area contributed by atoms with Gasteiger partial charge in [-0.2, -0.15) is 0 Å². The minimum Gasteiger partial charge on any atom is -0.368 e. The maximum atomic E-state index is 10.8. The Morgan fingerprint density at radius 1 is 1.33 bits per heavy atom. The third kappa shape index (κ3) is 3.05. The molecule has 0 aliphatic rings. The summed E-state index contributed by atoms with van der Waals surface area (Å²) in [5, 5.41) is 1.13. The Labute approximate surface area is 106 Å². The molecule has 0 radical (unpaired) electrons. The second-order valence-corrected chi connectivity index (χ2v) is 4.43. The molecular formula is C14H17N3O. The first-order chi connectivity index (χ1) is 8.66. The fraction of sp³-hybridized carbons (Fsp3) is 0.286. The number of pyridine rings is 1. The molecule has 18 heavy (non-hydrogen) atoms. The zero-order valence-electron chi connectivity index (χ0n) is 10.2. The number of carbonyl (C=O) groups is 1. The van der Waals surface area contributed by atoms with Gasteiger partial charge in [0, 0.05) is 11.6 Å². The van der Waals surface area contributed by atoms with Crippen molar-refractivity contribution in [3.63, 3.8) is 0 Å². The molecule has 1 atom stereocenters. The highest BCUT2D eigenvalue weighted by atomic mass is 16.1. The van der Waals surface area contributed by atoms with Crippen molar-refractivity contribution >= 4 is 16.8 Å². The lowest BCUT2D eigenvalue weighted by molar-refractivity contribution is -0.119. The van der Waals surface area contributed by atoms with Crippen LogP contribution in [0.15, 0.2) is 36.5 Å². The van der Waals surface area contributed by atoms with Crippen LogP contribution in [0.5, 0.6) is 0 Å². The van der Waals surface area contributed by atoms with Gasteiger partial charge in [0.05, 0.1) is 11.6 Å². The number of nitrogens with zero attached hydrogens (tertiary/aromatic N) is 1. The van der Waals surface area contributed by atoms with Crippen molar-refractivity contribution in [3.05, 3.63) is 42.1 Å². The summed E-state index contributed by atoms with van der Waals surface area (Å²) in [7, 11) is 0. The number of aryl methyl sites for hydroxylation is 1. The summed E-state index contributed by atoms with van der Waals surface area (Å²) in [6.07, 6.45) is 4.16. The molecule has 1 aromatic carbocycles. The van der Waals surface area contributed by atoms with Crippen molar-refractivity contribution in [1.29, 1.82) is 0 Å². The average Bonchev–Trinajstić information content (AvgIpc) is 2.38. The summed E-state index contributed by atoms with van der Waals surface area (Å²) >= 11 is 0. The standard InChI is InChI=1S/C14H17N3O/c15-12(14(16)18)5-1-3-10-6-7-13-11(9-10)4-2-8-17-13/h2,4,6-9,12H,1,3,5,15H2,(H2,16,18). The molecule has 0 bridgehead atoms. The lowest BCUT2D eigenvalue weighted by Gasteiger charge is -2.07. The molecule has 0 aliphatic heterocycles. The van der Waals surface area contributed by atoms with Gasteiger partial charge in [-0.15, -0.1) is 0 Å². The minimum absolute atomic E-state index is 0.433. The van der Waals surface area contributed by atoms with E-state index in [0.717, 1.165) is 23.7 Å². The number of hydrogen-bond donors (Lipinski definition) is 2. The molecule has 4 heteroatoms. The van der Waals surface area contributed by atoms with Gasteiger partial charge in [0.25, 0.3) is 0 Å². The van der Waals surface area contributed by atoms with Crippen molar-refractivity contribution in [3.8, 4) is 0 Å². The van der Waals surface area contributed by atoms with E-state index in [-0.39, 0.29) is 0 Å². The van der Waals surface area contributed by atoms with E-state index < -0.39 is 11.9 Å². The van der Waals surface area contributed by atoms with Crippen molar-refractivity contribution in [2.75, 3.05) is 0 Å². The molecule has 94 valence electrons. The van der Waals surface area contributed by atoms with Crippen LogP contribution in [0.2, 0.25) is 0 Å². The van der Waals surface area contributed by atoms with Crippen molar-refractivity contribution in [2.45, 2.75) is 25.3 Å². The van der Waals surface area contributed by atoms with Crippen molar-refractivity contribution < 1.29 is 4.79 Å². The fourth-order valence-corrected chi connectivity index (χ4v) is 1.95. The molecular weight excluding hydrogens is 226 g/mol. The summed E-state index contributed by atoms with van der Waals surface area (Å²) in [6.45, 7) is 0. The van der Waals surface area contributed by atoms with E-state index in [9.17, 15) is 4.79 Å². The Morgan fingerprint density at radius 2 is 2.17 bits per heavy atom. The number of hydrogen-bond acceptors (Lipinski definition) is 3. The van der Waals surface area contributed by atoms with E-state index in [1.807, 2.05) is 18.2 Å². The van der Waals surface area contributed by atoms with Gasteiger partial charge in [-0.05, 0) is 43.0 Å². The first-order valence-corrected chi connectivity index (χ1v) is 6.05. The highest BCUT2D eigenvalue weighted by Crippen LogP contribution is 2.15. The summed E-state index contributed by atoms with van der Waals surface area (Å²) in [6, 6.07) is 9.63. The average molecular weight is 243 g/mol. The number of carbonyl (C=O) groups excluding carboxylic acids is 1. The Hall–Kier alpha value is -1.94. The van der Waals surface area contributed by atoms with Crippen molar-refractivity contribution in [2.24, 2.45) is 11.5 Å². The van der Waals surface area contributed by atoms with Crippen LogP contribution in [0.3, 0.4) is 0 Å². The first kappa shape index (κ1) is 12.5. The fourth-order valence-electron chi connectivity index (χ4n) is 1.95. The third-order valence-corrected chi connectivity index (χ3v) is 3.01. The van der Waals surface area contributed by atoms with Gasteiger partial charge >= 0.3 is 0 Å². The van der Waals surface area contributed by atoms with Crippen LogP contribution in [0, 0.1) is 0 Å². The van der Waals surface area contributed by atoms with E-state index in [1.165, 1.54) is 5.56 Å². The van der Waals surface area contributed by atoms with Gasteiger partial charge in [0.1, 0.15) is 0 Å². The largest absolute Gasteiger partial charge is 0.368 e. The van der Waals surface area contributed by atoms with Gasteiger partial charge in [-0.1, -0.05) is 12.1 Å². The maximum Gasteiger partial charge on any atom is 0.234 e. The number of fused-ring (bicyclic) bond motifs is 1. The summed E-state index contributed by atoms with van der Waals surface area (Å²) in [5.41, 5.74) is 12.9. The van der Waals surface area contributed by atoms with E-state index in [4.69, 9.17) is 11.5 Å². The monoisotopic (exact) mass is 243 g/mol. The lowest BCUT2D eigenvalue weighted by Crippen LogP contribution is -2.36. The quantitative estimate of drug-likeness (QED) is 0.832.